The fourth-order valence-electron chi connectivity index (χ4n) is 6.25. The molecule has 1 fully saturated rings. The van der Waals surface area contributed by atoms with Crippen LogP contribution in [0.4, 0.5) is 0 Å². The summed E-state index contributed by atoms with van der Waals surface area (Å²) in [7, 11) is 0. The molecule has 1 saturated heterocycles. The second-order valence-corrected chi connectivity index (χ2v) is 14.4. The zero-order valence-corrected chi connectivity index (χ0v) is 32.8. The van der Waals surface area contributed by atoms with E-state index in [2.05, 4.69) is 55.6 Å². The third kappa shape index (κ3) is 24.5. The summed E-state index contributed by atoms with van der Waals surface area (Å²) in [5.74, 6) is -0.200. The number of hydrogen-bond acceptors (Lipinski definition) is 8. The predicted molar refractivity (Wildman–Crippen MR) is 212 cm³/mol. The van der Waals surface area contributed by atoms with Crippen LogP contribution >= 0.6 is 0 Å². The van der Waals surface area contributed by atoms with E-state index in [-0.39, 0.29) is 12.5 Å². The first-order valence-corrected chi connectivity index (χ1v) is 20.9. The number of aliphatic hydroxyl groups is 5. The molecule has 302 valence electrons. The van der Waals surface area contributed by atoms with Gasteiger partial charge in [-0.25, -0.2) is 0 Å². The van der Waals surface area contributed by atoms with Gasteiger partial charge in [0, 0.05) is 6.42 Å². The quantitative estimate of drug-likeness (QED) is 0.0295. The molecule has 52 heavy (non-hydrogen) atoms. The van der Waals surface area contributed by atoms with Crippen LogP contribution in [0.3, 0.4) is 0 Å². The van der Waals surface area contributed by atoms with Crippen molar-refractivity contribution >= 4 is 5.91 Å². The molecule has 0 aromatic carbocycles. The Kier molecular flexibility index (Phi) is 31.2. The van der Waals surface area contributed by atoms with Crippen molar-refractivity contribution in [3.8, 4) is 0 Å². The van der Waals surface area contributed by atoms with E-state index in [1.54, 1.807) is 6.08 Å². The molecular weight excluding hydrogens is 658 g/mol. The van der Waals surface area contributed by atoms with Crippen LogP contribution in [0, 0.1) is 0 Å². The second kappa shape index (κ2) is 33.7. The average Bonchev–Trinajstić information content (AvgIpc) is 3.14. The molecule has 1 rings (SSSR count). The third-order valence-electron chi connectivity index (χ3n) is 9.62. The van der Waals surface area contributed by atoms with Crippen LogP contribution in [0.15, 0.2) is 48.6 Å². The van der Waals surface area contributed by atoms with E-state index in [1.165, 1.54) is 77.0 Å². The van der Waals surface area contributed by atoms with Crippen molar-refractivity contribution in [2.24, 2.45) is 0 Å². The Morgan fingerprint density at radius 3 is 1.71 bits per heavy atom. The molecule has 1 heterocycles. The summed E-state index contributed by atoms with van der Waals surface area (Å²) in [4.78, 5) is 12.9. The Morgan fingerprint density at radius 1 is 0.654 bits per heavy atom. The van der Waals surface area contributed by atoms with Crippen molar-refractivity contribution in [1.82, 2.24) is 5.32 Å². The molecule has 6 N–H and O–H groups in total. The van der Waals surface area contributed by atoms with Crippen LogP contribution in [0.25, 0.3) is 0 Å². The highest BCUT2D eigenvalue weighted by molar-refractivity contribution is 5.76. The molecule has 0 aromatic heterocycles. The summed E-state index contributed by atoms with van der Waals surface area (Å²) in [5.41, 5.74) is 0. The van der Waals surface area contributed by atoms with Gasteiger partial charge in [-0.15, -0.1) is 0 Å². The Hall–Kier alpha value is -1.85. The molecule has 0 saturated carbocycles. The van der Waals surface area contributed by atoms with Crippen molar-refractivity contribution in [3.63, 3.8) is 0 Å². The first-order chi connectivity index (χ1) is 25.3. The van der Waals surface area contributed by atoms with Crippen LogP contribution in [0.2, 0.25) is 0 Å². The Morgan fingerprint density at radius 2 is 1.15 bits per heavy atom. The lowest BCUT2D eigenvalue weighted by Gasteiger charge is -2.40. The summed E-state index contributed by atoms with van der Waals surface area (Å²) in [6, 6.07) is -0.827. The monoisotopic (exact) mass is 736 g/mol. The maximum atomic E-state index is 12.9. The van der Waals surface area contributed by atoms with E-state index in [0.29, 0.717) is 6.42 Å². The van der Waals surface area contributed by atoms with Gasteiger partial charge < -0.3 is 40.3 Å². The minimum Gasteiger partial charge on any atom is -0.394 e. The topological polar surface area (TPSA) is 149 Å². The second-order valence-electron chi connectivity index (χ2n) is 14.4. The summed E-state index contributed by atoms with van der Waals surface area (Å²) >= 11 is 0. The third-order valence-corrected chi connectivity index (χ3v) is 9.62. The Balaban J connectivity index is 2.37. The van der Waals surface area contributed by atoms with Crippen molar-refractivity contribution in [1.29, 1.82) is 0 Å². The number of hydrogen-bond donors (Lipinski definition) is 6. The largest absolute Gasteiger partial charge is 0.394 e. The number of nitrogens with one attached hydrogen (secondary N) is 1. The lowest BCUT2D eigenvalue weighted by atomic mass is 9.99. The standard InChI is InChI=1S/C43H77NO8/c1-3-5-7-9-11-13-15-16-17-18-19-20-21-22-23-25-27-29-31-33-39(47)44-36(35-51-43-42(50)41(49)40(48)38(34-45)52-43)37(46)32-30-28-26-24-14-12-10-8-6-4-2/h6,8,14,18-19,24,30,32,36-38,40-43,45-46,48-50H,3-5,7,9-13,15-17,20-23,25-29,31,33-35H2,1-2H3,(H,44,47)/b8-6+,19-18-,24-14+,32-30+. The normalized spacial score (nSPS) is 22.3. The molecule has 1 amide bonds. The molecule has 1 aliphatic heterocycles. The zero-order valence-electron chi connectivity index (χ0n) is 32.8. The molecule has 9 heteroatoms. The van der Waals surface area contributed by atoms with Crippen LogP contribution in [0.1, 0.15) is 162 Å². The van der Waals surface area contributed by atoms with Gasteiger partial charge in [0.25, 0.3) is 0 Å². The minimum atomic E-state index is -1.57. The number of allylic oxidation sites excluding steroid dienone is 7. The molecule has 0 bridgehead atoms. The number of aliphatic hydroxyl groups excluding tert-OH is 5. The molecule has 9 nitrogen and oxygen atoms in total. The van der Waals surface area contributed by atoms with E-state index in [1.807, 2.05) is 6.08 Å². The summed E-state index contributed by atoms with van der Waals surface area (Å²) < 4.78 is 11.1. The van der Waals surface area contributed by atoms with Crippen molar-refractivity contribution in [2.75, 3.05) is 13.2 Å². The van der Waals surface area contributed by atoms with Crippen LogP contribution in [-0.2, 0) is 14.3 Å². The number of ether oxygens (including phenoxy) is 2. The first-order valence-electron chi connectivity index (χ1n) is 20.9. The number of carbonyl (C=O) groups is 1. The molecule has 0 radical (unpaired) electrons. The van der Waals surface area contributed by atoms with Gasteiger partial charge >= 0.3 is 0 Å². The average molecular weight is 736 g/mol. The molecule has 0 aliphatic carbocycles. The number of unbranched alkanes of at least 4 members (excludes halogenated alkanes) is 17. The summed E-state index contributed by atoms with van der Waals surface area (Å²) in [6.07, 6.45) is 34.5. The maximum Gasteiger partial charge on any atom is 0.220 e. The fraction of sp³-hybridized carbons (Fsp3) is 0.791. The number of rotatable bonds is 33. The Bertz CT molecular complexity index is 951. The van der Waals surface area contributed by atoms with E-state index < -0.39 is 49.5 Å². The molecular formula is C43H77NO8. The first kappa shape index (κ1) is 48.2. The van der Waals surface area contributed by atoms with Crippen LogP contribution < -0.4 is 5.32 Å². The van der Waals surface area contributed by atoms with Crippen molar-refractivity contribution in [2.45, 2.75) is 204 Å². The molecule has 7 unspecified atom stereocenters. The highest BCUT2D eigenvalue weighted by Gasteiger charge is 2.44. The van der Waals surface area contributed by atoms with Gasteiger partial charge in [0.2, 0.25) is 5.91 Å². The van der Waals surface area contributed by atoms with E-state index in [4.69, 9.17) is 9.47 Å². The van der Waals surface area contributed by atoms with Gasteiger partial charge in [0.05, 0.1) is 25.4 Å². The number of amides is 1. The van der Waals surface area contributed by atoms with Gasteiger partial charge in [0.1, 0.15) is 24.4 Å². The van der Waals surface area contributed by atoms with E-state index >= 15 is 0 Å². The SMILES string of the molecule is CC/C=C/CC/C=C/CC/C=C/C(O)C(COC1OC(CO)C(O)C(O)C1O)NC(=O)CCCCCCCCC/C=C\CCCCCCCCCC. The minimum absolute atomic E-state index is 0.200. The molecule has 1 aliphatic rings. The van der Waals surface area contributed by atoms with Crippen molar-refractivity contribution < 1.29 is 39.8 Å². The van der Waals surface area contributed by atoms with Crippen molar-refractivity contribution in [3.05, 3.63) is 48.6 Å². The van der Waals surface area contributed by atoms with E-state index in [9.17, 15) is 30.3 Å². The summed E-state index contributed by atoms with van der Waals surface area (Å²) in [6.45, 7) is 3.60. The van der Waals surface area contributed by atoms with Gasteiger partial charge in [-0.2, -0.15) is 0 Å². The molecule has 0 aromatic rings. The van der Waals surface area contributed by atoms with Crippen LogP contribution in [0.5, 0.6) is 0 Å². The van der Waals surface area contributed by atoms with Gasteiger partial charge in [0.15, 0.2) is 6.29 Å². The Labute approximate surface area is 316 Å². The highest BCUT2D eigenvalue weighted by Crippen LogP contribution is 2.22. The number of carbonyl (C=O) groups excluding carboxylic acids is 1. The highest BCUT2D eigenvalue weighted by atomic mass is 16.7. The van der Waals surface area contributed by atoms with Crippen LogP contribution in [-0.4, -0.2) is 87.5 Å². The lowest BCUT2D eigenvalue weighted by molar-refractivity contribution is -0.302. The predicted octanol–water partition coefficient (Wildman–Crippen LogP) is 7.89. The lowest BCUT2D eigenvalue weighted by Crippen LogP contribution is -2.60. The van der Waals surface area contributed by atoms with Gasteiger partial charge in [-0.05, 0) is 64.2 Å². The summed E-state index contributed by atoms with van der Waals surface area (Å²) in [5, 5.41) is 53.9. The van der Waals surface area contributed by atoms with E-state index in [0.717, 1.165) is 64.2 Å². The smallest absolute Gasteiger partial charge is 0.220 e. The maximum absolute atomic E-state index is 12.9. The fourth-order valence-corrected chi connectivity index (χ4v) is 6.25. The van der Waals surface area contributed by atoms with Gasteiger partial charge in [-0.3, -0.25) is 4.79 Å². The van der Waals surface area contributed by atoms with Gasteiger partial charge in [-0.1, -0.05) is 140 Å². The molecule has 0 spiro atoms. The molecule has 7 atom stereocenters. The zero-order chi connectivity index (χ0) is 38.1.